The minimum absolute atomic E-state index is 0.747. The zero-order valence-corrected chi connectivity index (χ0v) is 11.6. The second-order valence-electron chi connectivity index (χ2n) is 4.33. The lowest BCUT2D eigenvalue weighted by molar-refractivity contribution is 0.109. The molecule has 0 saturated carbocycles. The number of rotatable bonds is 5. The van der Waals surface area contributed by atoms with Crippen LogP contribution in [0.2, 0.25) is 0 Å². The number of ether oxygens (including phenoxy) is 1. The van der Waals surface area contributed by atoms with Gasteiger partial charge in [0, 0.05) is 10.2 Å². The summed E-state index contributed by atoms with van der Waals surface area (Å²) in [4.78, 5) is 0. The average Bonchev–Trinajstić information content (AvgIpc) is 2.80. The molecule has 16 heavy (non-hydrogen) atoms. The molecule has 0 radical (unpaired) electrons. The van der Waals surface area contributed by atoms with E-state index in [1.165, 1.54) is 35.1 Å². The Morgan fingerprint density at radius 2 is 2.12 bits per heavy atom. The van der Waals surface area contributed by atoms with Gasteiger partial charge < -0.3 is 10.1 Å². The second-order valence-corrected chi connectivity index (χ2v) is 5.57. The molecule has 1 N–H and O–H groups in total. The Hall–Kier alpha value is -0.130. The lowest BCUT2D eigenvalue weighted by atomic mass is 10.1. The van der Waals surface area contributed by atoms with Crippen LogP contribution in [0, 0.1) is 9.49 Å². The highest BCUT2D eigenvalue weighted by Gasteiger charge is 2.13. The van der Waals surface area contributed by atoms with Gasteiger partial charge in [0.2, 0.25) is 0 Å². The van der Waals surface area contributed by atoms with Crippen molar-refractivity contribution < 1.29 is 4.74 Å². The molecule has 2 rings (SSSR count). The summed E-state index contributed by atoms with van der Waals surface area (Å²) in [5, 5.41) is 3.38. The van der Waals surface area contributed by atoms with Gasteiger partial charge >= 0.3 is 0 Å². The molecule has 0 spiro atoms. The molecule has 0 aliphatic carbocycles. The topological polar surface area (TPSA) is 21.3 Å². The molecule has 1 atom stereocenters. The van der Waals surface area contributed by atoms with Crippen LogP contribution in [0.4, 0.5) is 0 Å². The van der Waals surface area contributed by atoms with Crippen molar-refractivity contribution in [1.29, 1.82) is 0 Å². The third-order valence-corrected chi connectivity index (χ3v) is 3.73. The minimum Gasteiger partial charge on any atom is -0.377 e. The fourth-order valence-corrected chi connectivity index (χ4v) is 2.34. The van der Waals surface area contributed by atoms with Crippen LogP contribution in [0.1, 0.15) is 18.4 Å². The predicted molar refractivity (Wildman–Crippen MR) is 74.4 cm³/mol. The zero-order chi connectivity index (χ0) is 11.2. The van der Waals surface area contributed by atoms with Crippen LogP contribution in [0.15, 0.2) is 24.3 Å². The van der Waals surface area contributed by atoms with Gasteiger partial charge in [0.15, 0.2) is 0 Å². The summed E-state index contributed by atoms with van der Waals surface area (Å²) < 4.78 is 6.97. The van der Waals surface area contributed by atoms with E-state index in [-0.39, 0.29) is 0 Å². The summed E-state index contributed by atoms with van der Waals surface area (Å²) in [6.45, 7) is 3.99. The summed E-state index contributed by atoms with van der Waals surface area (Å²) in [5.41, 5.74) is 1.27. The van der Waals surface area contributed by atoms with E-state index in [9.17, 15) is 0 Å². The molecule has 0 amide bonds. The Morgan fingerprint density at radius 1 is 1.31 bits per heavy atom. The van der Waals surface area contributed by atoms with E-state index in [0.29, 0.717) is 0 Å². The third-order valence-electron chi connectivity index (χ3n) is 3.01. The molecule has 3 heteroatoms. The molecule has 1 aromatic rings. The summed E-state index contributed by atoms with van der Waals surface area (Å²) in [5.74, 6) is 0.830. The highest BCUT2D eigenvalue weighted by molar-refractivity contribution is 14.1. The van der Waals surface area contributed by atoms with Gasteiger partial charge in [-0.2, -0.15) is 0 Å². The summed E-state index contributed by atoms with van der Waals surface area (Å²) in [6, 6.07) is 8.53. The first-order valence-corrected chi connectivity index (χ1v) is 6.95. The van der Waals surface area contributed by atoms with Crippen molar-refractivity contribution in [3.05, 3.63) is 33.4 Å². The first-order valence-electron chi connectivity index (χ1n) is 5.87. The van der Waals surface area contributed by atoms with E-state index in [4.69, 9.17) is 4.74 Å². The van der Waals surface area contributed by atoms with Crippen LogP contribution >= 0.6 is 22.6 Å². The van der Waals surface area contributed by atoms with E-state index >= 15 is 0 Å². The van der Waals surface area contributed by atoms with Crippen LogP contribution in [0.3, 0.4) is 0 Å². The highest BCUT2D eigenvalue weighted by atomic mass is 127. The summed E-state index contributed by atoms with van der Waals surface area (Å²) in [7, 11) is 0. The van der Waals surface area contributed by atoms with Gasteiger partial charge in [-0.05, 0) is 72.1 Å². The van der Waals surface area contributed by atoms with Gasteiger partial charge in [0.25, 0.3) is 0 Å². The van der Waals surface area contributed by atoms with Crippen molar-refractivity contribution in [2.75, 3.05) is 19.7 Å². The van der Waals surface area contributed by atoms with Gasteiger partial charge in [0.1, 0.15) is 0 Å². The Bertz CT molecular complexity index is 306. The van der Waals surface area contributed by atoms with Crippen molar-refractivity contribution in [3.63, 3.8) is 0 Å². The van der Waals surface area contributed by atoms with Crippen LogP contribution in [-0.4, -0.2) is 19.7 Å². The minimum atomic E-state index is 0.747. The smallest absolute Gasteiger partial charge is 0.0716 e. The van der Waals surface area contributed by atoms with Crippen LogP contribution in [-0.2, 0) is 11.3 Å². The van der Waals surface area contributed by atoms with Crippen molar-refractivity contribution in [2.24, 2.45) is 5.92 Å². The lowest BCUT2D eigenvalue weighted by Crippen LogP contribution is -2.10. The van der Waals surface area contributed by atoms with Crippen molar-refractivity contribution in [1.82, 2.24) is 5.32 Å². The monoisotopic (exact) mass is 331 g/mol. The summed E-state index contributed by atoms with van der Waals surface area (Å²) in [6.07, 6.45) is 2.50. The van der Waals surface area contributed by atoms with Crippen molar-refractivity contribution in [2.45, 2.75) is 19.4 Å². The molecule has 1 aliphatic rings. The molecular weight excluding hydrogens is 313 g/mol. The van der Waals surface area contributed by atoms with Crippen LogP contribution < -0.4 is 5.32 Å². The van der Waals surface area contributed by atoms with Gasteiger partial charge in [-0.15, -0.1) is 0 Å². The molecular formula is C13H18INO. The SMILES string of the molecule is Ic1ccc(COCCC2CCNC2)cc1. The predicted octanol–water partition coefficient (Wildman–Crippen LogP) is 2.81. The molecule has 0 bridgehead atoms. The van der Waals surface area contributed by atoms with Gasteiger partial charge in [-0.1, -0.05) is 12.1 Å². The Labute approximate surface area is 111 Å². The molecule has 88 valence electrons. The van der Waals surface area contributed by atoms with E-state index in [1.807, 2.05) is 0 Å². The second kappa shape index (κ2) is 6.57. The van der Waals surface area contributed by atoms with E-state index in [0.717, 1.165) is 19.1 Å². The van der Waals surface area contributed by atoms with Crippen molar-refractivity contribution >= 4 is 22.6 Å². The standard InChI is InChI=1S/C13H18INO/c14-13-3-1-12(2-4-13)10-16-8-6-11-5-7-15-9-11/h1-4,11,15H,5-10H2. The zero-order valence-electron chi connectivity index (χ0n) is 9.42. The number of nitrogens with one attached hydrogen (secondary N) is 1. The van der Waals surface area contributed by atoms with Crippen LogP contribution in [0.5, 0.6) is 0 Å². The summed E-state index contributed by atoms with van der Waals surface area (Å²) >= 11 is 2.32. The van der Waals surface area contributed by atoms with E-state index in [1.54, 1.807) is 0 Å². The molecule has 2 nitrogen and oxygen atoms in total. The van der Waals surface area contributed by atoms with Crippen molar-refractivity contribution in [3.8, 4) is 0 Å². The number of hydrogen-bond acceptors (Lipinski definition) is 2. The number of hydrogen-bond donors (Lipinski definition) is 1. The van der Waals surface area contributed by atoms with Gasteiger partial charge in [-0.25, -0.2) is 0 Å². The molecule has 1 fully saturated rings. The quantitative estimate of drug-likeness (QED) is 0.662. The normalized spacial score (nSPS) is 20.2. The van der Waals surface area contributed by atoms with Gasteiger partial charge in [-0.3, -0.25) is 0 Å². The largest absolute Gasteiger partial charge is 0.377 e. The van der Waals surface area contributed by atoms with E-state index < -0.39 is 0 Å². The van der Waals surface area contributed by atoms with Crippen LogP contribution in [0.25, 0.3) is 0 Å². The maximum atomic E-state index is 5.69. The molecule has 1 aromatic carbocycles. The third kappa shape index (κ3) is 4.03. The number of halogens is 1. The highest BCUT2D eigenvalue weighted by Crippen LogP contribution is 2.13. The number of benzene rings is 1. The van der Waals surface area contributed by atoms with E-state index in [2.05, 4.69) is 52.2 Å². The molecule has 1 aliphatic heterocycles. The molecule has 0 aromatic heterocycles. The lowest BCUT2D eigenvalue weighted by Gasteiger charge is -2.08. The fourth-order valence-electron chi connectivity index (χ4n) is 1.98. The Morgan fingerprint density at radius 3 is 2.81 bits per heavy atom. The molecule has 1 saturated heterocycles. The molecule has 1 unspecified atom stereocenters. The maximum absolute atomic E-state index is 5.69. The maximum Gasteiger partial charge on any atom is 0.0716 e. The molecule has 1 heterocycles. The van der Waals surface area contributed by atoms with Gasteiger partial charge in [0.05, 0.1) is 6.61 Å². The Balaban J connectivity index is 1.62. The Kier molecular flexibility index (Phi) is 5.06. The first kappa shape index (κ1) is 12.3. The average molecular weight is 331 g/mol. The first-order chi connectivity index (χ1) is 7.84. The fraction of sp³-hybridized carbons (Fsp3) is 0.538.